The van der Waals surface area contributed by atoms with Crippen LogP contribution >= 0.6 is 27.5 Å². The van der Waals surface area contributed by atoms with Crippen LogP contribution in [0.4, 0.5) is 0 Å². The van der Waals surface area contributed by atoms with Crippen molar-refractivity contribution < 1.29 is 14.3 Å². The average Bonchev–Trinajstić information content (AvgIpc) is 2.74. The smallest absolute Gasteiger partial charge is 0.277 e. The summed E-state index contributed by atoms with van der Waals surface area (Å²) >= 11 is 9.38. The molecule has 3 aromatic carbocycles. The van der Waals surface area contributed by atoms with E-state index in [4.69, 9.17) is 21.1 Å². The van der Waals surface area contributed by atoms with Gasteiger partial charge in [-0.3, -0.25) is 4.79 Å². The Hall–Kier alpha value is -2.83. The third-order valence-corrected chi connectivity index (χ3v) is 4.64. The third-order valence-electron chi connectivity index (χ3n) is 3.80. The summed E-state index contributed by atoms with van der Waals surface area (Å²) in [5, 5.41) is 4.38. The van der Waals surface area contributed by atoms with Gasteiger partial charge in [-0.2, -0.15) is 5.10 Å². The predicted octanol–water partition coefficient (Wildman–Crippen LogP) is 5.21. The standard InChI is InChI=1S/C22H18BrClN2O3/c23-18-9-5-17(6-10-18)14-28-19-11-7-16(8-12-19)13-25-26-22(27)15-29-21-4-2-1-3-20(21)24/h1-13H,14-15H2,(H,26,27)/b25-13-. The van der Waals surface area contributed by atoms with E-state index < -0.39 is 0 Å². The number of hydrazone groups is 1. The zero-order valence-corrected chi connectivity index (χ0v) is 17.7. The van der Waals surface area contributed by atoms with Gasteiger partial charge in [0.1, 0.15) is 18.1 Å². The molecule has 0 radical (unpaired) electrons. The predicted molar refractivity (Wildman–Crippen MR) is 118 cm³/mol. The Morgan fingerprint density at radius 2 is 1.72 bits per heavy atom. The highest BCUT2D eigenvalue weighted by atomic mass is 79.9. The van der Waals surface area contributed by atoms with Gasteiger partial charge < -0.3 is 9.47 Å². The fourth-order valence-corrected chi connectivity index (χ4v) is 2.77. The fourth-order valence-electron chi connectivity index (χ4n) is 2.31. The highest BCUT2D eigenvalue weighted by Gasteiger charge is 2.04. The van der Waals surface area contributed by atoms with Crippen LogP contribution in [0.3, 0.4) is 0 Å². The molecule has 3 rings (SSSR count). The van der Waals surface area contributed by atoms with Gasteiger partial charge in [0.15, 0.2) is 6.61 Å². The lowest BCUT2D eigenvalue weighted by molar-refractivity contribution is -0.123. The number of para-hydroxylation sites is 1. The molecule has 0 heterocycles. The van der Waals surface area contributed by atoms with E-state index in [0.717, 1.165) is 21.3 Å². The van der Waals surface area contributed by atoms with Gasteiger partial charge >= 0.3 is 0 Å². The number of halogens is 2. The van der Waals surface area contributed by atoms with E-state index >= 15 is 0 Å². The lowest BCUT2D eigenvalue weighted by Crippen LogP contribution is -2.24. The van der Waals surface area contributed by atoms with Crippen molar-refractivity contribution in [3.8, 4) is 11.5 Å². The Morgan fingerprint density at radius 1 is 1.00 bits per heavy atom. The van der Waals surface area contributed by atoms with Crippen molar-refractivity contribution in [1.82, 2.24) is 5.43 Å². The second-order valence-corrected chi connectivity index (χ2v) is 7.32. The number of ether oxygens (including phenoxy) is 2. The Morgan fingerprint density at radius 3 is 2.45 bits per heavy atom. The molecule has 0 aliphatic rings. The number of nitrogens with one attached hydrogen (secondary N) is 1. The molecule has 29 heavy (non-hydrogen) atoms. The number of hydrogen-bond donors (Lipinski definition) is 1. The maximum absolute atomic E-state index is 11.8. The number of hydrogen-bond acceptors (Lipinski definition) is 4. The van der Waals surface area contributed by atoms with Crippen LogP contribution in [0.15, 0.2) is 82.4 Å². The van der Waals surface area contributed by atoms with Crippen molar-refractivity contribution in [2.24, 2.45) is 5.10 Å². The molecule has 3 aromatic rings. The van der Waals surface area contributed by atoms with E-state index in [9.17, 15) is 4.79 Å². The highest BCUT2D eigenvalue weighted by molar-refractivity contribution is 9.10. The molecule has 0 spiro atoms. The van der Waals surface area contributed by atoms with E-state index in [1.807, 2.05) is 48.5 Å². The van der Waals surface area contributed by atoms with Crippen LogP contribution in [-0.2, 0) is 11.4 Å². The molecule has 0 atom stereocenters. The third kappa shape index (κ3) is 6.93. The summed E-state index contributed by atoms with van der Waals surface area (Å²) in [5.41, 5.74) is 4.32. The number of amides is 1. The van der Waals surface area contributed by atoms with E-state index in [0.29, 0.717) is 17.4 Å². The average molecular weight is 474 g/mol. The van der Waals surface area contributed by atoms with Crippen LogP contribution in [0.1, 0.15) is 11.1 Å². The molecule has 0 saturated heterocycles. The molecule has 1 amide bonds. The van der Waals surface area contributed by atoms with Crippen LogP contribution in [0.5, 0.6) is 11.5 Å². The van der Waals surface area contributed by atoms with Crippen LogP contribution < -0.4 is 14.9 Å². The quantitative estimate of drug-likeness (QED) is 0.361. The molecule has 0 bridgehead atoms. The molecule has 0 unspecified atom stereocenters. The minimum atomic E-state index is -0.379. The lowest BCUT2D eigenvalue weighted by atomic mass is 10.2. The van der Waals surface area contributed by atoms with Crippen molar-refractivity contribution in [1.29, 1.82) is 0 Å². The number of carbonyl (C=O) groups is 1. The molecule has 0 saturated carbocycles. The maximum atomic E-state index is 11.8. The van der Waals surface area contributed by atoms with Crippen molar-refractivity contribution >= 4 is 39.7 Å². The molecule has 5 nitrogen and oxygen atoms in total. The molecular formula is C22H18BrClN2O3. The largest absolute Gasteiger partial charge is 0.489 e. The normalized spacial score (nSPS) is 10.7. The molecule has 148 valence electrons. The van der Waals surface area contributed by atoms with Crippen molar-refractivity contribution in [2.45, 2.75) is 6.61 Å². The minimum absolute atomic E-state index is 0.177. The SMILES string of the molecule is O=C(COc1ccccc1Cl)N/N=C\c1ccc(OCc2ccc(Br)cc2)cc1. The summed E-state index contributed by atoms with van der Waals surface area (Å²) < 4.78 is 12.1. The molecule has 0 aromatic heterocycles. The van der Waals surface area contributed by atoms with E-state index in [-0.39, 0.29) is 12.5 Å². The van der Waals surface area contributed by atoms with Gasteiger partial charge in [0.25, 0.3) is 5.91 Å². The maximum Gasteiger partial charge on any atom is 0.277 e. The molecule has 0 aliphatic carbocycles. The first-order valence-electron chi connectivity index (χ1n) is 8.77. The Balaban J connectivity index is 1.42. The topological polar surface area (TPSA) is 59.9 Å². The first kappa shape index (κ1) is 20.9. The van der Waals surface area contributed by atoms with E-state index in [1.165, 1.54) is 0 Å². The minimum Gasteiger partial charge on any atom is -0.489 e. The number of carbonyl (C=O) groups excluding carboxylic acids is 1. The summed E-state index contributed by atoms with van der Waals surface area (Å²) in [6, 6.07) is 22.3. The monoisotopic (exact) mass is 472 g/mol. The summed E-state index contributed by atoms with van der Waals surface area (Å²) in [5.74, 6) is 0.824. The van der Waals surface area contributed by atoms with Crippen molar-refractivity contribution in [3.63, 3.8) is 0 Å². The number of rotatable bonds is 8. The van der Waals surface area contributed by atoms with E-state index in [2.05, 4.69) is 26.5 Å². The van der Waals surface area contributed by atoms with Crippen LogP contribution in [0.25, 0.3) is 0 Å². The van der Waals surface area contributed by atoms with Crippen molar-refractivity contribution in [2.75, 3.05) is 6.61 Å². The zero-order valence-electron chi connectivity index (χ0n) is 15.3. The zero-order chi connectivity index (χ0) is 20.5. The van der Waals surface area contributed by atoms with Gasteiger partial charge in [0, 0.05) is 4.47 Å². The summed E-state index contributed by atoms with van der Waals surface area (Å²) in [4.78, 5) is 11.8. The van der Waals surface area contributed by atoms with Crippen LogP contribution in [-0.4, -0.2) is 18.7 Å². The number of benzene rings is 3. The summed E-state index contributed by atoms with van der Waals surface area (Å²) in [7, 11) is 0. The van der Waals surface area contributed by atoms with Gasteiger partial charge in [0.05, 0.1) is 11.2 Å². The summed E-state index contributed by atoms with van der Waals surface area (Å²) in [6.45, 7) is 0.312. The van der Waals surface area contributed by atoms with Gasteiger partial charge in [-0.1, -0.05) is 51.8 Å². The van der Waals surface area contributed by atoms with Gasteiger partial charge in [-0.15, -0.1) is 0 Å². The summed E-state index contributed by atoms with van der Waals surface area (Å²) in [6.07, 6.45) is 1.55. The highest BCUT2D eigenvalue weighted by Crippen LogP contribution is 2.22. The first-order valence-corrected chi connectivity index (χ1v) is 9.94. The molecule has 0 aliphatic heterocycles. The second-order valence-electron chi connectivity index (χ2n) is 6.00. The molecule has 1 N–H and O–H groups in total. The van der Waals surface area contributed by atoms with Gasteiger partial charge in [-0.25, -0.2) is 5.43 Å². The first-order chi connectivity index (χ1) is 14.1. The van der Waals surface area contributed by atoms with E-state index in [1.54, 1.807) is 30.5 Å². The molecule has 7 heteroatoms. The van der Waals surface area contributed by atoms with Crippen molar-refractivity contribution in [3.05, 3.63) is 93.4 Å². The fraction of sp³-hybridized carbons (Fsp3) is 0.0909. The van der Waals surface area contributed by atoms with Crippen LogP contribution in [0, 0.1) is 0 Å². The lowest BCUT2D eigenvalue weighted by Gasteiger charge is -2.07. The second kappa shape index (κ2) is 10.6. The Bertz CT molecular complexity index is 976. The number of nitrogens with zero attached hydrogens (tertiary/aromatic N) is 1. The molecular weight excluding hydrogens is 456 g/mol. The van der Waals surface area contributed by atoms with Gasteiger partial charge in [-0.05, 0) is 59.7 Å². The molecule has 0 fully saturated rings. The Kier molecular flexibility index (Phi) is 7.67. The Labute approximate surface area is 182 Å². The van der Waals surface area contributed by atoms with Gasteiger partial charge in [0.2, 0.25) is 0 Å². The van der Waals surface area contributed by atoms with Crippen LogP contribution in [0.2, 0.25) is 5.02 Å².